The maximum absolute atomic E-state index is 13.5. The van der Waals surface area contributed by atoms with Gasteiger partial charge < -0.3 is 5.11 Å². The third kappa shape index (κ3) is 5.21. The zero-order valence-electron chi connectivity index (χ0n) is 20.3. The first-order chi connectivity index (χ1) is 16.0. The summed E-state index contributed by atoms with van der Waals surface area (Å²) in [5.41, 5.74) is 4.24. The average molecular weight is 476 g/mol. The van der Waals surface area contributed by atoms with Crippen LogP contribution in [0.2, 0.25) is 0 Å². The first-order valence-electron chi connectivity index (χ1n) is 11.6. The van der Waals surface area contributed by atoms with Gasteiger partial charge in [0.25, 0.3) is 0 Å². The zero-order valence-corrected chi connectivity index (χ0v) is 20.3. The van der Waals surface area contributed by atoms with E-state index in [1.54, 1.807) is 6.92 Å². The molecule has 0 saturated carbocycles. The Hall–Kier alpha value is -3.03. The van der Waals surface area contributed by atoms with Crippen molar-refractivity contribution < 1.29 is 23.1 Å². The lowest BCUT2D eigenvalue weighted by Gasteiger charge is -2.27. The number of benzene rings is 1. The standard InChI is InChI=1S/C26H32F3N3O2/c1-6-7-8-9-23(33)31-30-18(5)24-20-11-10-19(26(27,28)29)14-22(20)32(25(24)34)21-13-15(2)12-16(3)17(21)4/h10-14,16-17,34H,6-9H2,1-5H3,(H,31,33). The van der Waals surface area contributed by atoms with Gasteiger partial charge in [-0.3, -0.25) is 9.36 Å². The van der Waals surface area contributed by atoms with Gasteiger partial charge in [0.1, 0.15) is 0 Å². The fourth-order valence-electron chi connectivity index (χ4n) is 4.37. The number of alkyl halides is 3. The topological polar surface area (TPSA) is 66.6 Å². The van der Waals surface area contributed by atoms with Crippen molar-refractivity contribution >= 4 is 28.2 Å². The minimum Gasteiger partial charge on any atom is -0.494 e. The fraction of sp³-hybridized carbons (Fsp3) is 0.462. The highest BCUT2D eigenvalue weighted by Gasteiger charge is 2.33. The van der Waals surface area contributed by atoms with Crippen molar-refractivity contribution in [3.05, 3.63) is 47.1 Å². The highest BCUT2D eigenvalue weighted by Crippen LogP contribution is 2.42. The quantitative estimate of drug-likeness (QED) is 0.261. The second-order valence-corrected chi connectivity index (χ2v) is 9.08. The molecule has 1 heterocycles. The summed E-state index contributed by atoms with van der Waals surface area (Å²) in [6.45, 7) is 9.61. The van der Waals surface area contributed by atoms with Crippen molar-refractivity contribution in [2.75, 3.05) is 0 Å². The van der Waals surface area contributed by atoms with E-state index in [2.05, 4.69) is 16.6 Å². The van der Waals surface area contributed by atoms with E-state index >= 15 is 0 Å². The summed E-state index contributed by atoms with van der Waals surface area (Å²) in [5, 5.41) is 15.9. The van der Waals surface area contributed by atoms with Crippen LogP contribution < -0.4 is 5.43 Å². The molecule has 0 aliphatic heterocycles. The summed E-state index contributed by atoms with van der Waals surface area (Å²) < 4.78 is 42.1. The van der Waals surface area contributed by atoms with Crippen LogP contribution in [0.1, 0.15) is 71.4 Å². The normalized spacial score (nSPS) is 19.2. The molecule has 2 N–H and O–H groups in total. The number of fused-ring (bicyclic) bond motifs is 1. The number of aromatic hydroxyl groups is 1. The lowest BCUT2D eigenvalue weighted by molar-refractivity contribution is -0.137. The molecule has 1 aliphatic carbocycles. The molecule has 0 spiro atoms. The minimum absolute atomic E-state index is 0.0388. The summed E-state index contributed by atoms with van der Waals surface area (Å²) in [6, 6.07) is 3.41. The third-order valence-corrected chi connectivity index (χ3v) is 6.40. The molecule has 1 amide bonds. The first-order valence-corrected chi connectivity index (χ1v) is 11.6. The van der Waals surface area contributed by atoms with Crippen LogP contribution in [0, 0.1) is 11.8 Å². The molecule has 1 aromatic carbocycles. The highest BCUT2D eigenvalue weighted by atomic mass is 19.4. The van der Waals surface area contributed by atoms with E-state index in [1.807, 2.05) is 33.8 Å². The average Bonchev–Trinajstić information content (AvgIpc) is 3.05. The number of halogens is 3. The van der Waals surface area contributed by atoms with Crippen molar-refractivity contribution in [2.45, 2.75) is 66.5 Å². The molecule has 2 atom stereocenters. The van der Waals surface area contributed by atoms with Gasteiger partial charge in [-0.1, -0.05) is 51.3 Å². The van der Waals surface area contributed by atoms with Crippen molar-refractivity contribution in [1.82, 2.24) is 9.99 Å². The fourth-order valence-corrected chi connectivity index (χ4v) is 4.37. The van der Waals surface area contributed by atoms with E-state index in [-0.39, 0.29) is 29.1 Å². The Kier molecular flexibility index (Phi) is 7.58. The number of rotatable bonds is 7. The number of amides is 1. The molecule has 184 valence electrons. The molecule has 2 aromatic rings. The molecule has 34 heavy (non-hydrogen) atoms. The zero-order chi connectivity index (χ0) is 25.2. The van der Waals surface area contributed by atoms with Crippen molar-refractivity contribution in [1.29, 1.82) is 0 Å². The predicted octanol–water partition coefficient (Wildman–Crippen LogP) is 6.86. The summed E-state index contributed by atoms with van der Waals surface area (Å²) in [6.07, 6.45) is 2.47. The molecule has 0 saturated heterocycles. The van der Waals surface area contributed by atoms with E-state index < -0.39 is 11.7 Å². The molecule has 3 rings (SSSR count). The Labute approximate surface area is 198 Å². The molecule has 5 nitrogen and oxygen atoms in total. The molecular formula is C26H32F3N3O2. The second kappa shape index (κ2) is 10.1. The van der Waals surface area contributed by atoms with Crippen LogP contribution in [0.15, 0.2) is 41.0 Å². The predicted molar refractivity (Wildman–Crippen MR) is 129 cm³/mol. The van der Waals surface area contributed by atoms with Crippen LogP contribution in [-0.2, 0) is 11.0 Å². The molecule has 0 fully saturated rings. The molecule has 1 aromatic heterocycles. The van der Waals surface area contributed by atoms with E-state index in [4.69, 9.17) is 0 Å². The number of carbonyl (C=O) groups is 1. The first kappa shape index (κ1) is 25.6. The van der Waals surface area contributed by atoms with E-state index in [0.717, 1.165) is 37.0 Å². The van der Waals surface area contributed by atoms with Gasteiger partial charge in [0.2, 0.25) is 11.8 Å². The van der Waals surface area contributed by atoms with E-state index in [9.17, 15) is 23.1 Å². The van der Waals surface area contributed by atoms with Crippen LogP contribution in [0.25, 0.3) is 16.6 Å². The number of aromatic nitrogens is 1. The summed E-state index contributed by atoms with van der Waals surface area (Å²) in [4.78, 5) is 12.1. The number of hydrazone groups is 1. The van der Waals surface area contributed by atoms with E-state index in [0.29, 0.717) is 28.8 Å². The van der Waals surface area contributed by atoms with Gasteiger partial charge in [-0.15, -0.1) is 0 Å². The Morgan fingerprint density at radius 1 is 1.24 bits per heavy atom. The van der Waals surface area contributed by atoms with Crippen LogP contribution in [0.4, 0.5) is 13.2 Å². The lowest BCUT2D eigenvalue weighted by Crippen LogP contribution is -2.19. The number of hydrogen-bond acceptors (Lipinski definition) is 3. The van der Waals surface area contributed by atoms with Crippen LogP contribution >= 0.6 is 0 Å². The Morgan fingerprint density at radius 3 is 2.59 bits per heavy atom. The summed E-state index contributed by atoms with van der Waals surface area (Å²) in [7, 11) is 0. The number of nitrogens with zero attached hydrogens (tertiary/aromatic N) is 2. The summed E-state index contributed by atoms with van der Waals surface area (Å²) >= 11 is 0. The largest absolute Gasteiger partial charge is 0.494 e. The number of hydrogen-bond donors (Lipinski definition) is 2. The van der Waals surface area contributed by atoms with Crippen LogP contribution in [0.5, 0.6) is 5.88 Å². The Balaban J connectivity index is 2.15. The van der Waals surface area contributed by atoms with Crippen molar-refractivity contribution in [3.63, 3.8) is 0 Å². The van der Waals surface area contributed by atoms with E-state index in [1.165, 1.54) is 10.6 Å². The Bertz CT molecular complexity index is 1170. The number of carbonyl (C=O) groups excluding carboxylic acids is 1. The monoisotopic (exact) mass is 475 g/mol. The van der Waals surface area contributed by atoms with Gasteiger partial charge in [-0.05, 0) is 44.4 Å². The smallest absolute Gasteiger partial charge is 0.416 e. The maximum atomic E-state index is 13.5. The molecule has 8 heteroatoms. The van der Waals surface area contributed by atoms with Gasteiger partial charge >= 0.3 is 6.18 Å². The van der Waals surface area contributed by atoms with Gasteiger partial charge in [-0.2, -0.15) is 18.3 Å². The third-order valence-electron chi connectivity index (χ3n) is 6.40. The van der Waals surface area contributed by atoms with Crippen LogP contribution in [-0.4, -0.2) is 21.3 Å². The van der Waals surface area contributed by atoms with Gasteiger partial charge in [0, 0.05) is 23.4 Å². The molecule has 0 bridgehead atoms. The molecular weight excluding hydrogens is 443 g/mol. The number of nitrogens with one attached hydrogen (secondary N) is 1. The lowest BCUT2D eigenvalue weighted by atomic mass is 9.86. The number of unbranched alkanes of at least 4 members (excludes halogenated alkanes) is 2. The maximum Gasteiger partial charge on any atom is 0.416 e. The summed E-state index contributed by atoms with van der Waals surface area (Å²) in [5.74, 6) is -0.337. The molecule has 0 radical (unpaired) electrons. The molecule has 2 unspecified atom stereocenters. The van der Waals surface area contributed by atoms with Gasteiger partial charge in [-0.25, -0.2) is 5.43 Å². The SMILES string of the molecule is CCCCCC(=O)NN=C(C)c1c(O)n(C2=CC(C)=CC(C)C2C)c2cc(C(F)(F)F)ccc12. The molecule has 1 aliphatic rings. The van der Waals surface area contributed by atoms with Crippen molar-refractivity contribution in [3.8, 4) is 5.88 Å². The van der Waals surface area contributed by atoms with Crippen LogP contribution in [0.3, 0.4) is 0 Å². The van der Waals surface area contributed by atoms with Crippen molar-refractivity contribution in [2.24, 2.45) is 16.9 Å². The van der Waals surface area contributed by atoms with Gasteiger partial charge in [0.05, 0.1) is 22.4 Å². The minimum atomic E-state index is -4.52. The number of allylic oxidation sites excluding steroid dienone is 4. The highest BCUT2D eigenvalue weighted by molar-refractivity contribution is 6.13. The Morgan fingerprint density at radius 2 is 1.94 bits per heavy atom. The van der Waals surface area contributed by atoms with Gasteiger partial charge in [0.15, 0.2) is 0 Å². The second-order valence-electron chi connectivity index (χ2n) is 9.08.